The average molecular weight is 284 g/mol. The highest BCUT2D eigenvalue weighted by Crippen LogP contribution is 2.07. The first-order valence-corrected chi connectivity index (χ1v) is 7.07. The summed E-state index contributed by atoms with van der Waals surface area (Å²) in [5.41, 5.74) is 2.61. The second kappa shape index (κ2) is 7.55. The Labute approximate surface area is 125 Å². The van der Waals surface area contributed by atoms with Gasteiger partial charge in [0, 0.05) is 25.0 Å². The van der Waals surface area contributed by atoms with E-state index in [0.29, 0.717) is 18.7 Å². The second-order valence-corrected chi connectivity index (χ2v) is 4.94. The molecule has 0 bridgehead atoms. The van der Waals surface area contributed by atoms with Crippen LogP contribution in [0.5, 0.6) is 0 Å². The quantitative estimate of drug-likeness (QED) is 0.883. The van der Waals surface area contributed by atoms with Crippen LogP contribution in [0.25, 0.3) is 0 Å². The number of pyridine rings is 1. The van der Waals surface area contributed by atoms with Gasteiger partial charge in [0.2, 0.25) is 0 Å². The Morgan fingerprint density at radius 3 is 2.52 bits per heavy atom. The highest BCUT2D eigenvalue weighted by atomic mass is 16.3. The van der Waals surface area contributed by atoms with Crippen LogP contribution in [0, 0.1) is 6.92 Å². The smallest absolute Gasteiger partial charge is 0.255 e. The summed E-state index contributed by atoms with van der Waals surface area (Å²) in [6.45, 7) is 2.76. The van der Waals surface area contributed by atoms with Crippen molar-refractivity contribution in [3.05, 3.63) is 65.5 Å². The minimum Gasteiger partial charge on any atom is -0.395 e. The van der Waals surface area contributed by atoms with Crippen LogP contribution in [0.2, 0.25) is 0 Å². The number of rotatable bonds is 6. The number of nitrogens with zero attached hydrogens (tertiary/aromatic N) is 2. The van der Waals surface area contributed by atoms with E-state index in [0.717, 1.165) is 12.1 Å². The Kier molecular flexibility index (Phi) is 5.46. The number of aromatic nitrogens is 1. The molecule has 110 valence electrons. The maximum atomic E-state index is 12.4. The van der Waals surface area contributed by atoms with Gasteiger partial charge in [-0.05, 0) is 31.0 Å². The van der Waals surface area contributed by atoms with E-state index in [2.05, 4.69) is 4.98 Å². The third-order valence-corrected chi connectivity index (χ3v) is 3.33. The van der Waals surface area contributed by atoms with Gasteiger partial charge in [0.25, 0.3) is 5.91 Å². The zero-order chi connectivity index (χ0) is 15.1. The standard InChI is InChI=1S/C17H20N2O2/c1-14-7-8-16(13-18-14)17(21)19(11-12-20)10-9-15-5-3-2-4-6-15/h2-8,13,20H,9-12H2,1H3. The van der Waals surface area contributed by atoms with Gasteiger partial charge >= 0.3 is 0 Å². The number of benzene rings is 1. The van der Waals surface area contributed by atoms with Gasteiger partial charge in [-0.15, -0.1) is 0 Å². The molecule has 0 unspecified atom stereocenters. The van der Waals surface area contributed by atoms with Crippen molar-refractivity contribution < 1.29 is 9.90 Å². The lowest BCUT2D eigenvalue weighted by molar-refractivity contribution is 0.0723. The number of aryl methyl sites for hydroxylation is 1. The lowest BCUT2D eigenvalue weighted by Gasteiger charge is -2.21. The van der Waals surface area contributed by atoms with E-state index in [1.165, 1.54) is 5.56 Å². The van der Waals surface area contributed by atoms with Gasteiger partial charge in [0.05, 0.1) is 12.2 Å². The highest BCUT2D eigenvalue weighted by molar-refractivity contribution is 5.93. The fourth-order valence-electron chi connectivity index (χ4n) is 2.12. The predicted octanol–water partition coefficient (Wildman–Crippen LogP) is 2.07. The molecule has 0 atom stereocenters. The normalized spacial score (nSPS) is 10.4. The van der Waals surface area contributed by atoms with Gasteiger partial charge in [-0.1, -0.05) is 30.3 Å². The topological polar surface area (TPSA) is 53.4 Å². The van der Waals surface area contributed by atoms with Gasteiger partial charge in [-0.25, -0.2) is 0 Å². The van der Waals surface area contributed by atoms with E-state index >= 15 is 0 Å². The number of hydrogen-bond donors (Lipinski definition) is 1. The maximum Gasteiger partial charge on any atom is 0.255 e. The molecular weight excluding hydrogens is 264 g/mol. The molecule has 1 N–H and O–H groups in total. The van der Waals surface area contributed by atoms with Gasteiger partial charge in [-0.2, -0.15) is 0 Å². The number of carbonyl (C=O) groups is 1. The summed E-state index contributed by atoms with van der Waals surface area (Å²) in [5.74, 6) is -0.0903. The molecule has 1 amide bonds. The van der Waals surface area contributed by atoms with Crippen LogP contribution < -0.4 is 0 Å². The molecule has 0 aliphatic heterocycles. The Bertz CT molecular complexity index is 567. The zero-order valence-corrected chi connectivity index (χ0v) is 12.2. The van der Waals surface area contributed by atoms with E-state index < -0.39 is 0 Å². The summed E-state index contributed by atoms with van der Waals surface area (Å²) < 4.78 is 0. The van der Waals surface area contributed by atoms with Crippen molar-refractivity contribution in [1.29, 1.82) is 0 Å². The van der Waals surface area contributed by atoms with Crippen molar-refractivity contribution in [2.45, 2.75) is 13.3 Å². The Morgan fingerprint density at radius 2 is 1.90 bits per heavy atom. The van der Waals surface area contributed by atoms with Crippen LogP contribution in [0.15, 0.2) is 48.7 Å². The van der Waals surface area contributed by atoms with Crippen molar-refractivity contribution >= 4 is 5.91 Å². The molecule has 1 aromatic heterocycles. The molecule has 0 fully saturated rings. The lowest BCUT2D eigenvalue weighted by atomic mass is 10.1. The number of aliphatic hydroxyl groups is 1. The van der Waals surface area contributed by atoms with E-state index in [1.807, 2.05) is 43.3 Å². The van der Waals surface area contributed by atoms with E-state index in [-0.39, 0.29) is 12.5 Å². The number of hydrogen-bond acceptors (Lipinski definition) is 3. The molecule has 21 heavy (non-hydrogen) atoms. The van der Waals surface area contributed by atoms with Crippen molar-refractivity contribution in [1.82, 2.24) is 9.88 Å². The Morgan fingerprint density at radius 1 is 1.14 bits per heavy atom. The number of carbonyl (C=O) groups excluding carboxylic acids is 1. The average Bonchev–Trinajstić information content (AvgIpc) is 2.52. The first kappa shape index (κ1) is 15.2. The Balaban J connectivity index is 2.03. The molecule has 4 nitrogen and oxygen atoms in total. The van der Waals surface area contributed by atoms with Crippen LogP contribution >= 0.6 is 0 Å². The number of amides is 1. The third-order valence-electron chi connectivity index (χ3n) is 3.33. The van der Waals surface area contributed by atoms with E-state index in [4.69, 9.17) is 5.11 Å². The summed E-state index contributed by atoms with van der Waals surface area (Å²) >= 11 is 0. The van der Waals surface area contributed by atoms with Crippen LogP contribution in [0.1, 0.15) is 21.6 Å². The van der Waals surface area contributed by atoms with Crippen LogP contribution in [0.4, 0.5) is 0 Å². The molecule has 1 aromatic carbocycles. The molecule has 0 spiro atoms. The van der Waals surface area contributed by atoms with Crippen LogP contribution in [0.3, 0.4) is 0 Å². The molecule has 0 aliphatic carbocycles. The number of aliphatic hydroxyl groups excluding tert-OH is 1. The van der Waals surface area contributed by atoms with Crippen molar-refractivity contribution in [3.8, 4) is 0 Å². The summed E-state index contributed by atoms with van der Waals surface area (Å²) in [6, 6.07) is 13.6. The fraction of sp³-hybridized carbons (Fsp3) is 0.294. The first-order valence-electron chi connectivity index (χ1n) is 7.07. The van der Waals surface area contributed by atoms with Crippen molar-refractivity contribution in [2.75, 3.05) is 19.7 Å². The van der Waals surface area contributed by atoms with Gasteiger partial charge < -0.3 is 10.0 Å². The van der Waals surface area contributed by atoms with Crippen molar-refractivity contribution in [3.63, 3.8) is 0 Å². The zero-order valence-electron chi connectivity index (χ0n) is 12.2. The molecule has 0 saturated carbocycles. The third kappa shape index (κ3) is 4.39. The molecule has 1 heterocycles. The molecule has 0 saturated heterocycles. The highest BCUT2D eigenvalue weighted by Gasteiger charge is 2.15. The molecule has 2 aromatic rings. The molecule has 4 heteroatoms. The van der Waals surface area contributed by atoms with Crippen LogP contribution in [-0.4, -0.2) is 40.6 Å². The van der Waals surface area contributed by atoms with Gasteiger partial charge in [0.1, 0.15) is 0 Å². The van der Waals surface area contributed by atoms with Crippen LogP contribution in [-0.2, 0) is 6.42 Å². The monoisotopic (exact) mass is 284 g/mol. The second-order valence-electron chi connectivity index (χ2n) is 4.94. The summed E-state index contributed by atoms with van der Waals surface area (Å²) in [6.07, 6.45) is 2.36. The lowest BCUT2D eigenvalue weighted by Crippen LogP contribution is -2.35. The van der Waals surface area contributed by atoms with Gasteiger partial charge in [0.15, 0.2) is 0 Å². The van der Waals surface area contributed by atoms with Gasteiger partial charge in [-0.3, -0.25) is 9.78 Å². The molecule has 2 rings (SSSR count). The van der Waals surface area contributed by atoms with E-state index in [9.17, 15) is 4.79 Å². The SMILES string of the molecule is Cc1ccc(C(=O)N(CCO)CCc2ccccc2)cn1. The summed E-state index contributed by atoms with van der Waals surface area (Å²) in [5, 5.41) is 9.16. The summed E-state index contributed by atoms with van der Waals surface area (Å²) in [7, 11) is 0. The largest absolute Gasteiger partial charge is 0.395 e. The molecule has 0 aliphatic rings. The van der Waals surface area contributed by atoms with Crippen molar-refractivity contribution in [2.24, 2.45) is 0 Å². The Hall–Kier alpha value is -2.20. The minimum absolute atomic E-state index is 0.0418. The fourth-order valence-corrected chi connectivity index (χ4v) is 2.12. The first-order chi connectivity index (χ1) is 10.2. The maximum absolute atomic E-state index is 12.4. The molecular formula is C17H20N2O2. The minimum atomic E-state index is -0.0903. The molecule has 0 radical (unpaired) electrons. The predicted molar refractivity (Wildman–Crippen MR) is 82.1 cm³/mol. The van der Waals surface area contributed by atoms with E-state index in [1.54, 1.807) is 17.2 Å². The summed E-state index contributed by atoms with van der Waals surface area (Å²) in [4.78, 5) is 18.3.